The fraction of sp³-hybridized carbons (Fsp3) is 0.208. The highest BCUT2D eigenvalue weighted by molar-refractivity contribution is 7.99. The van der Waals surface area contributed by atoms with Gasteiger partial charge in [-0.15, -0.1) is 11.8 Å². The fourth-order valence-corrected chi connectivity index (χ4v) is 4.18. The molecule has 31 heavy (non-hydrogen) atoms. The summed E-state index contributed by atoms with van der Waals surface area (Å²) in [5, 5.41) is 10.0. The molecule has 0 heterocycles. The third-order valence-corrected chi connectivity index (χ3v) is 6.03. The van der Waals surface area contributed by atoms with Crippen molar-refractivity contribution in [2.75, 3.05) is 20.0 Å². The van der Waals surface area contributed by atoms with Crippen LogP contribution in [0.3, 0.4) is 0 Å². The number of aryl methyl sites for hydroxylation is 1. The Morgan fingerprint density at radius 2 is 1.65 bits per heavy atom. The van der Waals surface area contributed by atoms with Crippen molar-refractivity contribution in [1.82, 2.24) is 0 Å². The zero-order valence-corrected chi connectivity index (χ0v) is 18.4. The number of hydrogen-bond acceptors (Lipinski definition) is 7. The summed E-state index contributed by atoms with van der Waals surface area (Å²) in [6.07, 6.45) is -1.39. The number of esters is 1. The van der Waals surface area contributed by atoms with E-state index in [-0.39, 0.29) is 0 Å². The topological polar surface area (TPSA) is 91.0 Å². The number of nitrogen functional groups attached to an aromatic ring is 1. The van der Waals surface area contributed by atoms with Gasteiger partial charge in [-0.25, -0.2) is 4.79 Å². The minimum atomic E-state index is -1.39. The first-order chi connectivity index (χ1) is 14.9. The van der Waals surface area contributed by atoms with Crippen molar-refractivity contribution in [3.63, 3.8) is 0 Å². The Balaban J connectivity index is 1.91. The average molecular weight is 440 g/mol. The van der Waals surface area contributed by atoms with Gasteiger partial charge in [-0.2, -0.15) is 0 Å². The molecule has 2 atom stereocenters. The van der Waals surface area contributed by atoms with Crippen molar-refractivity contribution in [3.05, 3.63) is 77.9 Å². The van der Waals surface area contributed by atoms with Gasteiger partial charge < -0.3 is 25.1 Å². The van der Waals surface area contributed by atoms with E-state index in [9.17, 15) is 9.90 Å². The summed E-state index contributed by atoms with van der Waals surface area (Å²) in [5.41, 5.74) is 8.52. The summed E-state index contributed by atoms with van der Waals surface area (Å²) >= 11 is 1.26. The molecule has 0 spiro atoms. The van der Waals surface area contributed by atoms with E-state index in [0.717, 1.165) is 11.1 Å². The van der Waals surface area contributed by atoms with Crippen molar-refractivity contribution in [1.29, 1.82) is 0 Å². The maximum atomic E-state index is 12.1. The molecule has 162 valence electrons. The van der Waals surface area contributed by atoms with Gasteiger partial charge in [-0.1, -0.05) is 24.3 Å². The van der Waals surface area contributed by atoms with E-state index < -0.39 is 17.3 Å². The number of aliphatic hydroxyl groups is 1. The Bertz CT molecular complexity index is 1040. The highest BCUT2D eigenvalue weighted by Gasteiger charge is 2.30. The third kappa shape index (κ3) is 5.71. The van der Waals surface area contributed by atoms with Crippen LogP contribution in [0, 0.1) is 6.92 Å². The zero-order valence-electron chi connectivity index (χ0n) is 17.6. The molecule has 3 rings (SSSR count). The van der Waals surface area contributed by atoms with Crippen molar-refractivity contribution in [2.45, 2.75) is 23.2 Å². The molecule has 6 nitrogen and oxygen atoms in total. The van der Waals surface area contributed by atoms with E-state index in [2.05, 4.69) is 0 Å². The average Bonchev–Trinajstić information content (AvgIpc) is 2.78. The molecule has 3 aromatic carbocycles. The molecule has 0 aromatic heterocycles. The van der Waals surface area contributed by atoms with E-state index in [0.29, 0.717) is 27.8 Å². The van der Waals surface area contributed by atoms with Gasteiger partial charge in [0.2, 0.25) is 0 Å². The Morgan fingerprint density at radius 3 is 2.29 bits per heavy atom. The quantitative estimate of drug-likeness (QED) is 0.297. The molecule has 0 amide bonds. The Labute approximate surface area is 185 Å². The van der Waals surface area contributed by atoms with Gasteiger partial charge in [0.1, 0.15) is 17.2 Å². The molecule has 2 unspecified atom stereocenters. The third-order valence-electron chi connectivity index (χ3n) is 4.64. The van der Waals surface area contributed by atoms with Crippen molar-refractivity contribution in [3.8, 4) is 17.2 Å². The van der Waals surface area contributed by atoms with Gasteiger partial charge in [0, 0.05) is 10.6 Å². The molecule has 0 bridgehead atoms. The maximum Gasteiger partial charge on any atom is 0.336 e. The second-order valence-corrected chi connectivity index (χ2v) is 8.08. The highest BCUT2D eigenvalue weighted by atomic mass is 32.2. The molecular formula is C24H25NO5S. The molecular weight excluding hydrogens is 414 g/mol. The minimum absolute atomic E-state index is 0.511. The first-order valence-electron chi connectivity index (χ1n) is 9.62. The number of hydrogen-bond donors (Lipinski definition) is 2. The zero-order chi connectivity index (χ0) is 22.4. The molecule has 0 aliphatic carbocycles. The molecule has 0 saturated heterocycles. The number of ether oxygens (including phenoxy) is 3. The lowest BCUT2D eigenvalue weighted by atomic mass is 10.1. The molecule has 0 radical (unpaired) electrons. The summed E-state index contributed by atoms with van der Waals surface area (Å²) in [5.74, 6) is 1.26. The van der Waals surface area contributed by atoms with Crippen LogP contribution >= 0.6 is 11.8 Å². The van der Waals surface area contributed by atoms with Crippen LogP contribution in [0.5, 0.6) is 17.2 Å². The van der Waals surface area contributed by atoms with Crippen LogP contribution in [0.2, 0.25) is 0 Å². The van der Waals surface area contributed by atoms with Crippen LogP contribution in [0.4, 0.5) is 5.69 Å². The fourth-order valence-electron chi connectivity index (χ4n) is 2.98. The van der Waals surface area contributed by atoms with Crippen LogP contribution in [0.1, 0.15) is 16.4 Å². The molecule has 0 aliphatic rings. The molecule has 3 aromatic rings. The van der Waals surface area contributed by atoms with Crippen LogP contribution in [-0.4, -0.2) is 31.4 Å². The Hall–Kier alpha value is -3.16. The van der Waals surface area contributed by atoms with Gasteiger partial charge in [-0.3, -0.25) is 0 Å². The molecule has 0 fully saturated rings. The molecule has 0 aliphatic heterocycles. The van der Waals surface area contributed by atoms with Crippen LogP contribution in [0.15, 0.2) is 71.6 Å². The largest absolute Gasteiger partial charge is 0.497 e. The van der Waals surface area contributed by atoms with E-state index in [1.807, 2.05) is 31.2 Å². The SMILES string of the molecule is COC(=O)C(O)C(Sc1cc(Oc2cccc(C)c2)ccc1N)c1ccc(OC)cc1. The van der Waals surface area contributed by atoms with Crippen molar-refractivity contribution < 1.29 is 24.1 Å². The number of nitrogens with two attached hydrogens (primary N) is 1. The summed E-state index contributed by atoms with van der Waals surface area (Å²) in [6.45, 7) is 1.99. The minimum Gasteiger partial charge on any atom is -0.497 e. The molecule has 7 heteroatoms. The second kappa shape index (κ2) is 10.2. The summed E-state index contributed by atoms with van der Waals surface area (Å²) in [4.78, 5) is 12.8. The van der Waals surface area contributed by atoms with E-state index >= 15 is 0 Å². The van der Waals surface area contributed by atoms with Gasteiger partial charge in [0.05, 0.1) is 19.5 Å². The number of anilines is 1. The molecule has 0 saturated carbocycles. The van der Waals surface area contributed by atoms with Gasteiger partial charge in [-0.05, 0) is 60.5 Å². The number of thioether (sulfide) groups is 1. The molecule has 3 N–H and O–H groups in total. The normalized spacial score (nSPS) is 12.6. The number of methoxy groups -OCH3 is 2. The van der Waals surface area contributed by atoms with Gasteiger partial charge >= 0.3 is 5.97 Å². The highest BCUT2D eigenvalue weighted by Crippen LogP contribution is 2.42. The predicted molar refractivity (Wildman–Crippen MR) is 122 cm³/mol. The Morgan fingerprint density at radius 1 is 0.968 bits per heavy atom. The second-order valence-electron chi connectivity index (χ2n) is 6.90. The van der Waals surface area contributed by atoms with Crippen molar-refractivity contribution in [2.24, 2.45) is 0 Å². The van der Waals surface area contributed by atoms with E-state index in [1.54, 1.807) is 49.6 Å². The lowest BCUT2D eigenvalue weighted by Gasteiger charge is -2.22. The first kappa shape index (κ1) is 22.5. The predicted octanol–water partition coefficient (Wildman–Crippen LogP) is 4.75. The smallest absolute Gasteiger partial charge is 0.336 e. The van der Waals surface area contributed by atoms with Gasteiger partial charge in [0.15, 0.2) is 6.10 Å². The number of carbonyl (C=O) groups is 1. The van der Waals surface area contributed by atoms with Gasteiger partial charge in [0.25, 0.3) is 0 Å². The van der Waals surface area contributed by atoms with Crippen LogP contribution < -0.4 is 15.2 Å². The number of aliphatic hydroxyl groups excluding tert-OH is 1. The van der Waals surface area contributed by atoms with Crippen LogP contribution in [0.25, 0.3) is 0 Å². The van der Waals surface area contributed by atoms with Crippen LogP contribution in [-0.2, 0) is 9.53 Å². The number of rotatable bonds is 8. The summed E-state index contributed by atoms with van der Waals surface area (Å²) < 4.78 is 15.9. The lowest BCUT2D eigenvalue weighted by Crippen LogP contribution is -2.27. The van der Waals surface area contributed by atoms with E-state index in [1.165, 1.54) is 18.9 Å². The summed E-state index contributed by atoms with van der Waals surface area (Å²) in [6, 6.07) is 20.2. The Kier molecular flexibility index (Phi) is 7.44. The monoisotopic (exact) mass is 439 g/mol. The maximum absolute atomic E-state index is 12.1. The number of benzene rings is 3. The number of carbonyl (C=O) groups excluding carboxylic acids is 1. The van der Waals surface area contributed by atoms with Crippen molar-refractivity contribution >= 4 is 23.4 Å². The first-order valence-corrected chi connectivity index (χ1v) is 10.5. The summed E-state index contributed by atoms with van der Waals surface area (Å²) in [7, 11) is 2.82. The standard InChI is InChI=1S/C24H25NO5S/c1-15-5-4-6-18(13-15)30-19-11-12-20(25)21(14-19)31-23(22(26)24(27)29-3)16-7-9-17(28-2)10-8-16/h4-14,22-23,26H,25H2,1-3H3. The van der Waals surface area contributed by atoms with E-state index in [4.69, 9.17) is 19.9 Å². The lowest BCUT2D eigenvalue weighted by molar-refractivity contribution is -0.150.